The summed E-state index contributed by atoms with van der Waals surface area (Å²) in [6.45, 7) is 0. The molecule has 86 valence electrons. The molecule has 1 aromatic heterocycles. The molecular formula is C14H10N4. The summed E-state index contributed by atoms with van der Waals surface area (Å²) in [5.41, 5.74) is 3.21. The van der Waals surface area contributed by atoms with Gasteiger partial charge in [-0.3, -0.25) is 0 Å². The van der Waals surface area contributed by atoms with Gasteiger partial charge in [-0.1, -0.05) is 24.3 Å². The number of hydrogen-bond donors (Lipinski definition) is 2. The van der Waals surface area contributed by atoms with Crippen LogP contribution in [0.5, 0.6) is 0 Å². The van der Waals surface area contributed by atoms with Crippen molar-refractivity contribution < 1.29 is 0 Å². The summed E-state index contributed by atoms with van der Waals surface area (Å²) in [4.78, 5) is 7.57. The quantitative estimate of drug-likeness (QED) is 0.715. The molecule has 0 aliphatic carbocycles. The Bertz CT molecular complexity index is 704. The van der Waals surface area contributed by atoms with Crippen molar-refractivity contribution in [3.8, 4) is 6.07 Å². The highest BCUT2D eigenvalue weighted by atomic mass is 15.1. The van der Waals surface area contributed by atoms with E-state index in [0.29, 0.717) is 11.5 Å². The lowest BCUT2D eigenvalue weighted by Gasteiger charge is -2.03. The normalized spacial score (nSPS) is 10.2. The molecule has 4 nitrogen and oxygen atoms in total. The second-order valence-electron chi connectivity index (χ2n) is 3.88. The first-order chi connectivity index (χ1) is 8.86. The maximum Gasteiger partial charge on any atom is 0.205 e. The highest BCUT2D eigenvalue weighted by molar-refractivity contribution is 5.78. The molecule has 1 heterocycles. The van der Waals surface area contributed by atoms with E-state index in [-0.39, 0.29) is 0 Å². The third kappa shape index (κ3) is 1.78. The van der Waals surface area contributed by atoms with E-state index < -0.39 is 0 Å². The number of aromatic amines is 1. The van der Waals surface area contributed by atoms with Crippen LogP contribution in [0.15, 0.2) is 48.5 Å². The molecule has 0 fully saturated rings. The Balaban J connectivity index is 1.99. The lowest BCUT2D eigenvalue weighted by atomic mass is 10.2. The highest BCUT2D eigenvalue weighted by Gasteiger charge is 2.04. The molecular weight excluding hydrogens is 224 g/mol. The summed E-state index contributed by atoms with van der Waals surface area (Å²) in [5.74, 6) is 0.638. The molecule has 0 radical (unpaired) electrons. The lowest BCUT2D eigenvalue weighted by Crippen LogP contribution is -1.94. The molecule has 0 atom stereocenters. The fourth-order valence-corrected chi connectivity index (χ4v) is 1.83. The predicted molar refractivity (Wildman–Crippen MR) is 70.5 cm³/mol. The zero-order valence-corrected chi connectivity index (χ0v) is 9.51. The fraction of sp³-hybridized carbons (Fsp3) is 0. The third-order valence-electron chi connectivity index (χ3n) is 2.69. The molecule has 0 saturated heterocycles. The van der Waals surface area contributed by atoms with Gasteiger partial charge in [0.1, 0.15) is 6.07 Å². The minimum absolute atomic E-state index is 0.595. The first-order valence-corrected chi connectivity index (χ1v) is 5.58. The maximum atomic E-state index is 9.02. The number of benzene rings is 2. The highest BCUT2D eigenvalue weighted by Crippen LogP contribution is 2.20. The average molecular weight is 234 g/mol. The maximum absolute atomic E-state index is 9.02. The summed E-state index contributed by atoms with van der Waals surface area (Å²) in [7, 11) is 0. The summed E-state index contributed by atoms with van der Waals surface area (Å²) >= 11 is 0. The van der Waals surface area contributed by atoms with Gasteiger partial charge in [-0.05, 0) is 24.3 Å². The van der Waals surface area contributed by atoms with Gasteiger partial charge in [-0.15, -0.1) is 0 Å². The van der Waals surface area contributed by atoms with E-state index in [9.17, 15) is 0 Å². The monoisotopic (exact) mass is 234 g/mol. The number of aromatic nitrogens is 2. The number of rotatable bonds is 2. The molecule has 2 N–H and O–H groups in total. The molecule has 3 aromatic rings. The summed E-state index contributed by atoms with van der Waals surface area (Å²) in [5, 5.41) is 12.1. The van der Waals surface area contributed by atoms with Crippen LogP contribution < -0.4 is 5.32 Å². The van der Waals surface area contributed by atoms with Crippen molar-refractivity contribution >= 4 is 22.7 Å². The second kappa shape index (κ2) is 4.22. The number of H-pyrrole nitrogens is 1. The molecule has 0 spiro atoms. The topological polar surface area (TPSA) is 64.5 Å². The van der Waals surface area contributed by atoms with Crippen LogP contribution in [0.4, 0.5) is 11.6 Å². The smallest absolute Gasteiger partial charge is 0.205 e. The number of nitrogens with one attached hydrogen (secondary N) is 2. The Morgan fingerprint density at radius 1 is 1.06 bits per heavy atom. The van der Waals surface area contributed by atoms with E-state index in [0.717, 1.165) is 16.7 Å². The minimum atomic E-state index is 0.595. The van der Waals surface area contributed by atoms with Gasteiger partial charge < -0.3 is 10.3 Å². The van der Waals surface area contributed by atoms with Gasteiger partial charge >= 0.3 is 0 Å². The number of anilines is 2. The van der Waals surface area contributed by atoms with Crippen LogP contribution in [0.25, 0.3) is 11.0 Å². The predicted octanol–water partition coefficient (Wildman–Crippen LogP) is 3.18. The van der Waals surface area contributed by atoms with Gasteiger partial charge in [0.25, 0.3) is 0 Å². The molecule has 0 bridgehead atoms. The number of nitrogens with zero attached hydrogens (tertiary/aromatic N) is 2. The lowest BCUT2D eigenvalue weighted by molar-refractivity contribution is 1.30. The molecule has 0 aliphatic rings. The molecule has 0 unspecified atom stereocenters. The van der Waals surface area contributed by atoms with Crippen LogP contribution in [0.2, 0.25) is 0 Å². The van der Waals surface area contributed by atoms with Crippen molar-refractivity contribution in [1.29, 1.82) is 5.26 Å². The van der Waals surface area contributed by atoms with Crippen molar-refractivity contribution in [1.82, 2.24) is 9.97 Å². The first kappa shape index (κ1) is 10.4. The second-order valence-corrected chi connectivity index (χ2v) is 3.88. The Labute approximate surface area is 104 Å². The Hall–Kier alpha value is -2.80. The Kier molecular flexibility index (Phi) is 2.43. The largest absolute Gasteiger partial charge is 0.325 e. The zero-order valence-electron chi connectivity index (χ0n) is 9.51. The van der Waals surface area contributed by atoms with E-state index in [1.54, 1.807) is 6.07 Å². The van der Waals surface area contributed by atoms with Crippen LogP contribution in [-0.2, 0) is 0 Å². The van der Waals surface area contributed by atoms with Gasteiger partial charge in [-0.25, -0.2) is 4.98 Å². The number of hydrogen-bond acceptors (Lipinski definition) is 3. The van der Waals surface area contributed by atoms with Crippen LogP contribution in [0.3, 0.4) is 0 Å². The number of fused-ring (bicyclic) bond motifs is 1. The summed E-state index contributed by atoms with van der Waals surface area (Å²) in [6.07, 6.45) is 0. The Morgan fingerprint density at radius 2 is 1.83 bits per heavy atom. The van der Waals surface area contributed by atoms with E-state index in [4.69, 9.17) is 5.26 Å². The zero-order chi connectivity index (χ0) is 12.4. The van der Waals surface area contributed by atoms with Crippen molar-refractivity contribution in [2.24, 2.45) is 0 Å². The Morgan fingerprint density at radius 3 is 2.67 bits per heavy atom. The molecule has 3 rings (SSSR count). The van der Waals surface area contributed by atoms with Crippen molar-refractivity contribution in [3.05, 3.63) is 54.1 Å². The molecule has 4 heteroatoms. The average Bonchev–Trinajstić information content (AvgIpc) is 2.81. The standard InChI is InChI=1S/C14H10N4/c15-9-10-5-1-2-6-11(10)16-14-17-12-7-3-4-8-13(12)18-14/h1-8H,(H2,16,17,18). The number of nitriles is 1. The minimum Gasteiger partial charge on any atom is -0.325 e. The van der Waals surface area contributed by atoms with Gasteiger partial charge in [0.15, 0.2) is 0 Å². The molecule has 0 aliphatic heterocycles. The van der Waals surface area contributed by atoms with Gasteiger partial charge in [-0.2, -0.15) is 5.26 Å². The van der Waals surface area contributed by atoms with Crippen LogP contribution in [0, 0.1) is 11.3 Å². The van der Waals surface area contributed by atoms with Gasteiger partial charge in [0, 0.05) is 0 Å². The van der Waals surface area contributed by atoms with E-state index in [2.05, 4.69) is 21.4 Å². The molecule has 0 saturated carbocycles. The molecule has 0 amide bonds. The first-order valence-electron chi connectivity index (χ1n) is 5.58. The summed E-state index contributed by atoms with van der Waals surface area (Å²) in [6, 6.07) is 17.3. The summed E-state index contributed by atoms with van der Waals surface area (Å²) < 4.78 is 0. The SMILES string of the molecule is N#Cc1ccccc1Nc1nc2ccccc2[nH]1. The number of imidazole rings is 1. The van der Waals surface area contributed by atoms with Crippen LogP contribution >= 0.6 is 0 Å². The third-order valence-corrected chi connectivity index (χ3v) is 2.69. The number of para-hydroxylation sites is 3. The van der Waals surface area contributed by atoms with Crippen LogP contribution in [0.1, 0.15) is 5.56 Å². The van der Waals surface area contributed by atoms with Crippen molar-refractivity contribution in [2.75, 3.05) is 5.32 Å². The van der Waals surface area contributed by atoms with Crippen molar-refractivity contribution in [2.45, 2.75) is 0 Å². The molecule has 2 aromatic carbocycles. The van der Waals surface area contributed by atoms with Crippen molar-refractivity contribution in [3.63, 3.8) is 0 Å². The van der Waals surface area contributed by atoms with E-state index in [1.165, 1.54) is 0 Å². The van der Waals surface area contributed by atoms with Crippen LogP contribution in [-0.4, -0.2) is 9.97 Å². The molecule has 18 heavy (non-hydrogen) atoms. The van der Waals surface area contributed by atoms with Gasteiger partial charge in [0.05, 0.1) is 22.3 Å². The van der Waals surface area contributed by atoms with Gasteiger partial charge in [0.2, 0.25) is 5.95 Å². The van der Waals surface area contributed by atoms with E-state index >= 15 is 0 Å². The van der Waals surface area contributed by atoms with E-state index in [1.807, 2.05) is 42.5 Å². The fourth-order valence-electron chi connectivity index (χ4n) is 1.83.